The number of nitrogens with two attached hydrogens (primary N) is 1. The summed E-state index contributed by atoms with van der Waals surface area (Å²) >= 11 is 0. The van der Waals surface area contributed by atoms with Gasteiger partial charge in [0.25, 0.3) is 0 Å². The van der Waals surface area contributed by atoms with Crippen molar-refractivity contribution in [2.75, 3.05) is 26.8 Å². The van der Waals surface area contributed by atoms with Crippen molar-refractivity contribution in [1.82, 2.24) is 14.3 Å². The molecule has 0 radical (unpaired) electrons. The number of rotatable bonds is 4. The number of aromatic nitrogens is 2. The van der Waals surface area contributed by atoms with Gasteiger partial charge in [-0.15, -0.1) is 0 Å². The molecule has 1 aliphatic heterocycles. The highest BCUT2D eigenvalue weighted by atomic mass is 32.2. The third-order valence-electron chi connectivity index (χ3n) is 5.33. The molecule has 9 nitrogen and oxygen atoms in total. The Morgan fingerprint density at radius 1 is 1.29 bits per heavy atom. The maximum Gasteiger partial charge on any atom is 0.409 e. The van der Waals surface area contributed by atoms with E-state index in [0.717, 1.165) is 28.2 Å². The van der Waals surface area contributed by atoms with Gasteiger partial charge in [0.1, 0.15) is 5.65 Å². The van der Waals surface area contributed by atoms with Crippen molar-refractivity contribution < 1.29 is 22.7 Å². The van der Waals surface area contributed by atoms with Crippen LogP contribution in [0.3, 0.4) is 0 Å². The number of ether oxygens (including phenoxy) is 2. The Morgan fingerprint density at radius 3 is 2.71 bits per heavy atom. The first-order valence-corrected chi connectivity index (χ1v) is 11.4. The molecular weight excluding hydrogens is 420 g/mol. The number of amides is 1. The van der Waals surface area contributed by atoms with Gasteiger partial charge < -0.3 is 18.8 Å². The van der Waals surface area contributed by atoms with Gasteiger partial charge in [0.05, 0.1) is 42.6 Å². The number of methoxy groups -OCH3 is 1. The predicted molar refractivity (Wildman–Crippen MR) is 114 cm³/mol. The predicted octanol–water partition coefficient (Wildman–Crippen LogP) is 1.97. The SMILES string of the molecule is COC(=O)N1CCO[C@@H](Cc2c(-c3ccc(S(N)(=O)=O)cc3)nc3cc(C)ccn23)C1. The number of carbonyl (C=O) groups excluding carboxylic acids is 1. The quantitative estimate of drug-likeness (QED) is 0.658. The fourth-order valence-corrected chi connectivity index (χ4v) is 4.29. The molecule has 3 aromatic rings. The molecule has 0 bridgehead atoms. The number of hydrogen-bond acceptors (Lipinski definition) is 6. The molecule has 1 aromatic carbocycles. The average molecular weight is 445 g/mol. The Hall–Kier alpha value is -2.95. The number of carbonyl (C=O) groups is 1. The van der Waals surface area contributed by atoms with Crippen LogP contribution < -0.4 is 5.14 Å². The molecule has 1 fully saturated rings. The first kappa shape index (κ1) is 21.3. The molecule has 1 amide bonds. The van der Waals surface area contributed by atoms with E-state index in [0.29, 0.717) is 26.1 Å². The van der Waals surface area contributed by atoms with E-state index in [2.05, 4.69) is 0 Å². The fraction of sp³-hybridized carbons (Fsp3) is 0.333. The summed E-state index contributed by atoms with van der Waals surface area (Å²) < 4.78 is 36.0. The topological polar surface area (TPSA) is 116 Å². The molecule has 1 saturated heterocycles. The van der Waals surface area contributed by atoms with Crippen molar-refractivity contribution in [2.45, 2.75) is 24.3 Å². The number of fused-ring (bicyclic) bond motifs is 1. The zero-order valence-electron chi connectivity index (χ0n) is 17.3. The molecule has 0 saturated carbocycles. The van der Waals surface area contributed by atoms with Crippen LogP contribution >= 0.6 is 0 Å². The summed E-state index contributed by atoms with van der Waals surface area (Å²) in [6.45, 7) is 3.31. The van der Waals surface area contributed by atoms with Gasteiger partial charge in [-0.1, -0.05) is 12.1 Å². The lowest BCUT2D eigenvalue weighted by molar-refractivity contribution is -0.0241. The molecule has 4 rings (SSSR count). The second kappa shape index (κ2) is 8.29. The smallest absolute Gasteiger partial charge is 0.409 e. The monoisotopic (exact) mass is 444 g/mol. The van der Waals surface area contributed by atoms with Gasteiger partial charge in [-0.2, -0.15) is 0 Å². The Bertz CT molecular complexity index is 1220. The van der Waals surface area contributed by atoms with Gasteiger partial charge >= 0.3 is 6.09 Å². The number of morpholine rings is 1. The zero-order chi connectivity index (χ0) is 22.2. The molecule has 1 aliphatic rings. The molecule has 2 N–H and O–H groups in total. The van der Waals surface area contributed by atoms with Crippen molar-refractivity contribution in [3.63, 3.8) is 0 Å². The lowest BCUT2D eigenvalue weighted by atomic mass is 10.1. The Kier molecular flexibility index (Phi) is 5.69. The first-order valence-electron chi connectivity index (χ1n) is 9.81. The van der Waals surface area contributed by atoms with Gasteiger partial charge in [0, 0.05) is 24.7 Å². The standard InChI is InChI=1S/C21H24N4O5S/c1-14-7-8-25-18(12-16-13-24(9-10-30-16)21(26)29-2)20(23-19(25)11-14)15-3-5-17(6-4-15)31(22,27)28/h3-8,11,16H,9-10,12-13H2,1-2H3,(H2,22,27,28)/t16-/m0/s1. The van der Waals surface area contributed by atoms with Crippen LogP contribution in [0.4, 0.5) is 4.79 Å². The lowest BCUT2D eigenvalue weighted by Gasteiger charge is -2.32. The number of hydrogen-bond donors (Lipinski definition) is 1. The molecule has 0 unspecified atom stereocenters. The van der Waals surface area contributed by atoms with E-state index >= 15 is 0 Å². The third kappa shape index (κ3) is 4.41. The molecule has 0 aliphatic carbocycles. The molecule has 3 heterocycles. The van der Waals surface area contributed by atoms with Crippen molar-refractivity contribution in [3.05, 3.63) is 53.9 Å². The maximum absolute atomic E-state index is 11.9. The summed E-state index contributed by atoms with van der Waals surface area (Å²) in [4.78, 5) is 18.4. The molecule has 1 atom stereocenters. The Morgan fingerprint density at radius 2 is 2.03 bits per heavy atom. The summed E-state index contributed by atoms with van der Waals surface area (Å²) in [5.41, 5.74) is 4.26. The number of benzene rings is 1. The van der Waals surface area contributed by atoms with Crippen LogP contribution in [-0.2, 0) is 25.9 Å². The molecular formula is C21H24N4O5S. The second-order valence-electron chi connectivity index (χ2n) is 7.52. The highest BCUT2D eigenvalue weighted by Crippen LogP contribution is 2.28. The normalized spacial score (nSPS) is 17.1. The first-order chi connectivity index (χ1) is 14.8. The van der Waals surface area contributed by atoms with Gasteiger partial charge in [-0.05, 0) is 36.8 Å². The van der Waals surface area contributed by atoms with Crippen LogP contribution in [-0.4, -0.2) is 61.7 Å². The van der Waals surface area contributed by atoms with Gasteiger partial charge in [-0.25, -0.2) is 23.3 Å². The van der Waals surface area contributed by atoms with E-state index in [-0.39, 0.29) is 17.1 Å². The lowest BCUT2D eigenvalue weighted by Crippen LogP contribution is -2.46. The largest absolute Gasteiger partial charge is 0.453 e. The van der Waals surface area contributed by atoms with Crippen LogP contribution in [0.2, 0.25) is 0 Å². The number of imidazole rings is 1. The molecule has 0 spiro atoms. The van der Waals surface area contributed by atoms with Crippen molar-refractivity contribution >= 4 is 21.8 Å². The molecule has 2 aromatic heterocycles. The minimum absolute atomic E-state index is 0.0433. The average Bonchev–Trinajstić information content (AvgIpc) is 3.10. The van der Waals surface area contributed by atoms with Crippen LogP contribution in [0.15, 0.2) is 47.5 Å². The summed E-state index contributed by atoms with van der Waals surface area (Å²) in [7, 11) is -2.41. The molecule has 164 valence electrons. The Labute approximate surface area is 180 Å². The van der Waals surface area contributed by atoms with Crippen LogP contribution in [0.1, 0.15) is 11.3 Å². The minimum atomic E-state index is -3.78. The van der Waals surface area contributed by atoms with Crippen LogP contribution in [0, 0.1) is 6.92 Å². The van der Waals surface area contributed by atoms with Crippen molar-refractivity contribution in [1.29, 1.82) is 0 Å². The molecule has 10 heteroatoms. The minimum Gasteiger partial charge on any atom is -0.453 e. The van der Waals surface area contributed by atoms with Crippen LogP contribution in [0.25, 0.3) is 16.9 Å². The van der Waals surface area contributed by atoms with Crippen molar-refractivity contribution in [2.24, 2.45) is 5.14 Å². The number of pyridine rings is 1. The number of nitrogens with zero attached hydrogens (tertiary/aromatic N) is 3. The van der Waals surface area contributed by atoms with Gasteiger partial charge in [0.15, 0.2) is 0 Å². The summed E-state index contributed by atoms with van der Waals surface area (Å²) in [6, 6.07) is 10.3. The number of primary sulfonamides is 1. The fourth-order valence-electron chi connectivity index (χ4n) is 3.78. The van der Waals surface area contributed by atoms with Gasteiger partial charge in [-0.3, -0.25) is 0 Å². The summed E-state index contributed by atoms with van der Waals surface area (Å²) in [6.07, 6.45) is 1.87. The highest BCUT2D eigenvalue weighted by molar-refractivity contribution is 7.89. The van der Waals surface area contributed by atoms with Crippen LogP contribution in [0.5, 0.6) is 0 Å². The zero-order valence-corrected chi connectivity index (χ0v) is 18.1. The number of sulfonamides is 1. The van der Waals surface area contributed by atoms with Crippen molar-refractivity contribution in [3.8, 4) is 11.3 Å². The molecule has 31 heavy (non-hydrogen) atoms. The van der Waals surface area contributed by atoms with Gasteiger partial charge in [0.2, 0.25) is 10.0 Å². The second-order valence-corrected chi connectivity index (χ2v) is 9.08. The van der Waals surface area contributed by atoms with E-state index < -0.39 is 10.0 Å². The van der Waals surface area contributed by atoms with E-state index in [9.17, 15) is 13.2 Å². The van der Waals surface area contributed by atoms with E-state index in [1.165, 1.54) is 19.2 Å². The summed E-state index contributed by atoms with van der Waals surface area (Å²) in [5.74, 6) is 0. The van der Waals surface area contributed by atoms with E-state index in [4.69, 9.17) is 19.6 Å². The third-order valence-corrected chi connectivity index (χ3v) is 6.26. The van der Waals surface area contributed by atoms with E-state index in [1.807, 2.05) is 29.7 Å². The number of aryl methyl sites for hydroxylation is 1. The van der Waals surface area contributed by atoms with E-state index in [1.54, 1.807) is 17.0 Å². The maximum atomic E-state index is 11.9. The Balaban J connectivity index is 1.72. The summed E-state index contributed by atoms with van der Waals surface area (Å²) in [5, 5.41) is 5.22. The highest BCUT2D eigenvalue weighted by Gasteiger charge is 2.27.